The van der Waals surface area contributed by atoms with Crippen LogP contribution in [0.15, 0.2) is 58.9 Å². The third kappa shape index (κ3) is 3.09. The summed E-state index contributed by atoms with van der Waals surface area (Å²) in [6.07, 6.45) is 0. The van der Waals surface area contributed by atoms with Crippen LogP contribution in [-0.2, 0) is 6.54 Å². The molecule has 0 fully saturated rings. The fraction of sp³-hybridized carbons (Fsp3) is 0.111. The van der Waals surface area contributed by atoms with Crippen LogP contribution in [0.3, 0.4) is 0 Å². The number of carbonyl (C=O) groups is 1. The van der Waals surface area contributed by atoms with E-state index in [4.69, 9.17) is 5.11 Å². The van der Waals surface area contributed by atoms with Crippen LogP contribution in [0.25, 0.3) is 11.3 Å². The maximum Gasteiger partial charge on any atom is 0.335 e. The summed E-state index contributed by atoms with van der Waals surface area (Å²) in [5, 5.41) is 21.0. The number of phenols is 1. The molecule has 3 rings (SSSR count). The van der Waals surface area contributed by atoms with Crippen molar-refractivity contribution >= 4 is 23.0 Å². The number of benzene rings is 2. The maximum atomic E-state index is 10.9. The first kappa shape index (κ1) is 16.0. The Labute approximate surface area is 142 Å². The second-order valence-electron chi connectivity index (χ2n) is 5.13. The highest BCUT2D eigenvalue weighted by molar-refractivity contribution is 7.07. The first-order chi connectivity index (χ1) is 11.6. The number of aromatic carboxylic acids is 1. The number of aromatic hydroxyl groups is 1. The molecule has 0 amide bonds. The number of para-hydroxylation sites is 1. The summed E-state index contributed by atoms with van der Waals surface area (Å²) in [4.78, 5) is 16.3. The van der Waals surface area contributed by atoms with E-state index in [0.29, 0.717) is 12.2 Å². The lowest BCUT2D eigenvalue weighted by atomic mass is 10.1. The third-order valence-corrected chi connectivity index (χ3v) is 4.50. The molecular formula is C18H16N2O3S. The van der Waals surface area contributed by atoms with Gasteiger partial charge in [-0.2, -0.15) is 0 Å². The van der Waals surface area contributed by atoms with Crippen LogP contribution >= 0.6 is 11.3 Å². The predicted octanol–water partition coefficient (Wildman–Crippen LogP) is 3.87. The summed E-state index contributed by atoms with van der Waals surface area (Å²) < 4.78 is 2.02. The second-order valence-corrected chi connectivity index (χ2v) is 5.97. The van der Waals surface area contributed by atoms with E-state index >= 15 is 0 Å². The molecule has 6 heteroatoms. The monoisotopic (exact) mass is 340 g/mol. The number of thiazole rings is 1. The molecule has 0 saturated carbocycles. The molecule has 0 bridgehead atoms. The van der Waals surface area contributed by atoms with Crippen molar-refractivity contribution in [3.8, 4) is 17.0 Å². The normalized spacial score (nSPS) is 11.6. The molecule has 1 heterocycles. The van der Waals surface area contributed by atoms with Gasteiger partial charge in [0.2, 0.25) is 0 Å². The van der Waals surface area contributed by atoms with Gasteiger partial charge in [0, 0.05) is 17.5 Å². The molecule has 0 aliphatic rings. The zero-order valence-corrected chi connectivity index (χ0v) is 13.8. The summed E-state index contributed by atoms with van der Waals surface area (Å²) in [6, 6.07) is 13.6. The van der Waals surface area contributed by atoms with E-state index in [-0.39, 0.29) is 11.3 Å². The van der Waals surface area contributed by atoms with Crippen LogP contribution in [0.4, 0.5) is 5.69 Å². The van der Waals surface area contributed by atoms with Gasteiger partial charge in [-0.05, 0) is 43.3 Å². The molecule has 0 aliphatic heterocycles. The topological polar surface area (TPSA) is 74.8 Å². The third-order valence-electron chi connectivity index (χ3n) is 3.63. The number of aromatic nitrogens is 1. The van der Waals surface area contributed by atoms with Crippen LogP contribution in [0.5, 0.6) is 5.75 Å². The quantitative estimate of drug-likeness (QED) is 0.757. The molecule has 0 spiro atoms. The highest BCUT2D eigenvalue weighted by atomic mass is 32.1. The van der Waals surface area contributed by atoms with Crippen molar-refractivity contribution in [2.45, 2.75) is 13.5 Å². The zero-order valence-electron chi connectivity index (χ0n) is 13.0. The molecule has 2 N–H and O–H groups in total. The molecule has 1 aromatic heterocycles. The van der Waals surface area contributed by atoms with E-state index in [1.54, 1.807) is 24.3 Å². The Bertz CT molecular complexity index is 939. The Morgan fingerprint density at radius 3 is 2.50 bits per heavy atom. The summed E-state index contributed by atoms with van der Waals surface area (Å²) in [6.45, 7) is 2.72. The summed E-state index contributed by atoms with van der Waals surface area (Å²) in [5.74, 6) is -0.724. The van der Waals surface area contributed by atoms with Gasteiger partial charge in [-0.3, -0.25) is 0 Å². The first-order valence-electron chi connectivity index (χ1n) is 7.45. The van der Waals surface area contributed by atoms with E-state index in [1.165, 1.54) is 23.5 Å². The molecule has 5 nitrogen and oxygen atoms in total. The molecule has 3 aromatic rings. The fourth-order valence-electron chi connectivity index (χ4n) is 2.42. The molecule has 0 atom stereocenters. The Hall–Kier alpha value is -2.86. The van der Waals surface area contributed by atoms with Gasteiger partial charge in [0.1, 0.15) is 5.75 Å². The van der Waals surface area contributed by atoms with E-state index in [2.05, 4.69) is 4.99 Å². The second kappa shape index (κ2) is 6.72. The molecule has 122 valence electrons. The lowest BCUT2D eigenvalue weighted by Gasteiger charge is -2.07. The smallest absolute Gasteiger partial charge is 0.335 e. The van der Waals surface area contributed by atoms with Crippen molar-refractivity contribution in [1.82, 2.24) is 4.57 Å². The van der Waals surface area contributed by atoms with Gasteiger partial charge >= 0.3 is 5.97 Å². The standard InChI is InChI=1S/C18H16N2O3S/c1-2-20-15(14-5-3-4-6-16(14)21)11-24-18(20)19-13-9-7-12(8-10-13)17(22)23/h3-11,21H,2H2,1H3,(H,22,23). The molecule has 0 saturated heterocycles. The summed E-state index contributed by atoms with van der Waals surface area (Å²) >= 11 is 1.48. The van der Waals surface area contributed by atoms with Gasteiger partial charge < -0.3 is 14.8 Å². The van der Waals surface area contributed by atoms with Crippen molar-refractivity contribution < 1.29 is 15.0 Å². The number of rotatable bonds is 4. The van der Waals surface area contributed by atoms with Gasteiger partial charge in [-0.15, -0.1) is 11.3 Å². The fourth-order valence-corrected chi connectivity index (χ4v) is 3.40. The Morgan fingerprint density at radius 1 is 1.17 bits per heavy atom. The van der Waals surface area contributed by atoms with Crippen LogP contribution in [0, 0.1) is 0 Å². The summed E-state index contributed by atoms with van der Waals surface area (Å²) in [7, 11) is 0. The van der Waals surface area contributed by atoms with Crippen LogP contribution in [0.2, 0.25) is 0 Å². The van der Waals surface area contributed by atoms with Crippen LogP contribution in [-0.4, -0.2) is 20.7 Å². The van der Waals surface area contributed by atoms with E-state index < -0.39 is 5.97 Å². The number of hydrogen-bond acceptors (Lipinski definition) is 4. The first-order valence-corrected chi connectivity index (χ1v) is 8.33. The maximum absolute atomic E-state index is 10.9. The largest absolute Gasteiger partial charge is 0.507 e. The van der Waals surface area contributed by atoms with Gasteiger partial charge in [-0.1, -0.05) is 12.1 Å². The molecule has 2 aromatic carbocycles. The number of phenolic OH excluding ortho intramolecular Hbond substituents is 1. The highest BCUT2D eigenvalue weighted by Gasteiger charge is 2.10. The van der Waals surface area contributed by atoms with Crippen molar-refractivity contribution in [3.63, 3.8) is 0 Å². The van der Waals surface area contributed by atoms with Crippen molar-refractivity contribution in [3.05, 3.63) is 64.3 Å². The van der Waals surface area contributed by atoms with E-state index in [9.17, 15) is 9.90 Å². The van der Waals surface area contributed by atoms with Crippen molar-refractivity contribution in [1.29, 1.82) is 0 Å². The van der Waals surface area contributed by atoms with Crippen molar-refractivity contribution in [2.24, 2.45) is 4.99 Å². The molecule has 0 unspecified atom stereocenters. The summed E-state index contributed by atoms with van der Waals surface area (Å²) in [5.41, 5.74) is 2.59. The minimum atomic E-state index is -0.955. The number of carboxylic acids is 1. The Morgan fingerprint density at radius 2 is 1.88 bits per heavy atom. The minimum Gasteiger partial charge on any atom is -0.507 e. The van der Waals surface area contributed by atoms with Gasteiger partial charge in [0.05, 0.1) is 16.9 Å². The molecular weight excluding hydrogens is 324 g/mol. The highest BCUT2D eigenvalue weighted by Crippen LogP contribution is 2.29. The van der Waals surface area contributed by atoms with Crippen LogP contribution < -0.4 is 4.80 Å². The number of nitrogens with zero attached hydrogens (tertiary/aromatic N) is 2. The molecule has 0 radical (unpaired) electrons. The van der Waals surface area contributed by atoms with E-state index in [1.807, 2.05) is 29.0 Å². The van der Waals surface area contributed by atoms with Crippen LogP contribution in [0.1, 0.15) is 17.3 Å². The van der Waals surface area contributed by atoms with Gasteiger partial charge in [-0.25, -0.2) is 9.79 Å². The van der Waals surface area contributed by atoms with Gasteiger partial charge in [0.25, 0.3) is 0 Å². The van der Waals surface area contributed by atoms with Gasteiger partial charge in [0.15, 0.2) is 4.80 Å². The average Bonchev–Trinajstić information content (AvgIpc) is 2.98. The lowest BCUT2D eigenvalue weighted by Crippen LogP contribution is -2.14. The zero-order chi connectivity index (χ0) is 17.1. The SMILES string of the molecule is CCn1c(-c2ccccc2O)csc1=Nc1ccc(C(=O)O)cc1. The lowest BCUT2D eigenvalue weighted by molar-refractivity contribution is 0.0697. The minimum absolute atomic E-state index is 0.231. The Kier molecular flexibility index (Phi) is 4.48. The molecule has 0 aliphatic carbocycles. The van der Waals surface area contributed by atoms with E-state index in [0.717, 1.165) is 16.1 Å². The predicted molar refractivity (Wildman–Crippen MR) is 93.7 cm³/mol. The number of carboxylic acid groups (broad SMARTS) is 1. The Balaban J connectivity index is 2.06. The molecule has 24 heavy (non-hydrogen) atoms. The number of hydrogen-bond donors (Lipinski definition) is 2. The average molecular weight is 340 g/mol. The van der Waals surface area contributed by atoms with Crippen molar-refractivity contribution in [2.75, 3.05) is 0 Å².